The molecule has 0 spiro atoms. The maximum atomic E-state index is 12.1. The van der Waals surface area contributed by atoms with Crippen molar-refractivity contribution in [3.63, 3.8) is 0 Å². The molecule has 2 N–H and O–H groups in total. The van der Waals surface area contributed by atoms with Crippen LogP contribution in [0.1, 0.15) is 0 Å². The highest BCUT2D eigenvalue weighted by Gasteiger charge is 2.08. The van der Waals surface area contributed by atoms with Crippen molar-refractivity contribution in [3.8, 4) is 17.2 Å². The van der Waals surface area contributed by atoms with E-state index in [1.165, 1.54) is 0 Å². The van der Waals surface area contributed by atoms with Gasteiger partial charge in [-0.15, -0.1) is 0 Å². The lowest BCUT2D eigenvalue weighted by atomic mass is 10.2. The first-order valence-electron chi connectivity index (χ1n) is 8.75. The van der Waals surface area contributed by atoms with Crippen molar-refractivity contribution in [1.82, 2.24) is 0 Å². The summed E-state index contributed by atoms with van der Waals surface area (Å²) < 4.78 is 16.1. The van der Waals surface area contributed by atoms with Crippen molar-refractivity contribution in [3.05, 3.63) is 72.8 Å². The van der Waals surface area contributed by atoms with Gasteiger partial charge >= 0.3 is 0 Å². The monoisotopic (exact) mass is 378 g/mol. The molecule has 0 saturated heterocycles. The predicted octanol–water partition coefficient (Wildman–Crippen LogP) is 4.46. The van der Waals surface area contributed by atoms with Crippen LogP contribution in [-0.4, -0.2) is 26.7 Å². The molecule has 3 aromatic rings. The topological polar surface area (TPSA) is 68.8 Å². The van der Waals surface area contributed by atoms with E-state index in [2.05, 4.69) is 10.6 Å². The minimum Gasteiger partial charge on any atom is -0.495 e. The number of ether oxygens (including phenoxy) is 3. The smallest absolute Gasteiger partial charge is 0.262 e. The zero-order chi connectivity index (χ0) is 19.8. The molecule has 3 aromatic carbocycles. The second-order valence-corrected chi connectivity index (χ2v) is 5.89. The van der Waals surface area contributed by atoms with E-state index in [4.69, 9.17) is 14.2 Å². The van der Waals surface area contributed by atoms with Crippen LogP contribution in [0, 0.1) is 0 Å². The first kappa shape index (κ1) is 19.1. The number of hydrogen-bond donors (Lipinski definition) is 2. The Kier molecular flexibility index (Phi) is 6.36. The van der Waals surface area contributed by atoms with Crippen LogP contribution in [0.25, 0.3) is 0 Å². The Morgan fingerprint density at radius 1 is 0.750 bits per heavy atom. The van der Waals surface area contributed by atoms with Crippen LogP contribution in [0.3, 0.4) is 0 Å². The van der Waals surface area contributed by atoms with Gasteiger partial charge in [-0.25, -0.2) is 0 Å². The van der Waals surface area contributed by atoms with E-state index < -0.39 is 0 Å². The fourth-order valence-corrected chi connectivity index (χ4v) is 2.62. The number of rotatable bonds is 8. The predicted molar refractivity (Wildman–Crippen MR) is 110 cm³/mol. The Morgan fingerprint density at radius 3 is 2.00 bits per heavy atom. The Labute approximate surface area is 164 Å². The molecule has 0 radical (unpaired) electrons. The highest BCUT2D eigenvalue weighted by molar-refractivity contribution is 5.92. The third kappa shape index (κ3) is 4.94. The van der Waals surface area contributed by atoms with Crippen LogP contribution < -0.4 is 24.8 Å². The first-order valence-corrected chi connectivity index (χ1v) is 8.75. The normalized spacial score (nSPS) is 10.1. The minimum absolute atomic E-state index is 0.110. The van der Waals surface area contributed by atoms with Gasteiger partial charge in [-0.3, -0.25) is 4.79 Å². The first-order chi connectivity index (χ1) is 13.7. The second kappa shape index (κ2) is 9.32. The summed E-state index contributed by atoms with van der Waals surface area (Å²) >= 11 is 0. The summed E-state index contributed by atoms with van der Waals surface area (Å²) in [5.74, 6) is 1.61. The molecule has 0 aliphatic carbocycles. The van der Waals surface area contributed by atoms with Gasteiger partial charge in [-0.2, -0.15) is 0 Å². The van der Waals surface area contributed by atoms with E-state index >= 15 is 0 Å². The second-order valence-electron chi connectivity index (χ2n) is 5.89. The van der Waals surface area contributed by atoms with E-state index in [0.717, 1.165) is 17.1 Å². The number of amides is 1. The van der Waals surface area contributed by atoms with Gasteiger partial charge in [-0.1, -0.05) is 24.3 Å². The van der Waals surface area contributed by atoms with Gasteiger partial charge in [-0.05, 0) is 48.5 Å². The third-order valence-corrected chi connectivity index (χ3v) is 3.98. The van der Waals surface area contributed by atoms with E-state index in [0.29, 0.717) is 17.2 Å². The summed E-state index contributed by atoms with van der Waals surface area (Å²) in [6, 6.07) is 22.3. The van der Waals surface area contributed by atoms with Gasteiger partial charge in [0.15, 0.2) is 18.1 Å². The van der Waals surface area contributed by atoms with Crippen LogP contribution >= 0.6 is 0 Å². The fourth-order valence-electron chi connectivity index (χ4n) is 2.62. The Morgan fingerprint density at radius 2 is 1.32 bits per heavy atom. The molecule has 3 rings (SSSR count). The molecule has 0 unspecified atom stereocenters. The highest BCUT2D eigenvalue weighted by Crippen LogP contribution is 2.28. The number of carbonyl (C=O) groups is 1. The SMILES string of the molecule is COc1ccccc1Nc1ccc(NC(=O)COc2ccccc2OC)cc1. The van der Waals surface area contributed by atoms with Crippen molar-refractivity contribution in [2.45, 2.75) is 0 Å². The van der Waals surface area contributed by atoms with Gasteiger partial charge in [0.25, 0.3) is 5.91 Å². The molecule has 0 fully saturated rings. The molecular weight excluding hydrogens is 356 g/mol. The van der Waals surface area contributed by atoms with E-state index in [-0.39, 0.29) is 12.5 Å². The summed E-state index contributed by atoms with van der Waals surface area (Å²) in [4.78, 5) is 12.1. The number of hydrogen-bond acceptors (Lipinski definition) is 5. The molecule has 28 heavy (non-hydrogen) atoms. The van der Waals surface area contributed by atoms with Gasteiger partial charge in [0.2, 0.25) is 0 Å². The van der Waals surface area contributed by atoms with Crippen LogP contribution in [0.5, 0.6) is 17.2 Å². The summed E-state index contributed by atoms with van der Waals surface area (Å²) in [7, 11) is 3.19. The van der Waals surface area contributed by atoms with Crippen molar-refractivity contribution in [1.29, 1.82) is 0 Å². The van der Waals surface area contributed by atoms with Gasteiger partial charge in [0, 0.05) is 11.4 Å². The van der Waals surface area contributed by atoms with E-state index in [1.54, 1.807) is 26.4 Å². The van der Waals surface area contributed by atoms with Crippen molar-refractivity contribution in [2.24, 2.45) is 0 Å². The van der Waals surface area contributed by atoms with Crippen molar-refractivity contribution < 1.29 is 19.0 Å². The molecule has 0 aliphatic heterocycles. The average Bonchev–Trinajstić information content (AvgIpc) is 2.74. The van der Waals surface area contributed by atoms with Crippen LogP contribution in [0.4, 0.5) is 17.1 Å². The number of anilines is 3. The lowest BCUT2D eigenvalue weighted by molar-refractivity contribution is -0.118. The van der Waals surface area contributed by atoms with Crippen LogP contribution in [0.15, 0.2) is 72.8 Å². The third-order valence-electron chi connectivity index (χ3n) is 3.98. The molecular formula is C22H22N2O4. The van der Waals surface area contributed by atoms with Crippen LogP contribution in [0.2, 0.25) is 0 Å². The molecule has 144 valence electrons. The van der Waals surface area contributed by atoms with Crippen molar-refractivity contribution in [2.75, 3.05) is 31.5 Å². The summed E-state index contributed by atoms with van der Waals surface area (Å²) in [6.45, 7) is -0.110. The molecule has 0 aromatic heterocycles. The lowest BCUT2D eigenvalue weighted by Gasteiger charge is -2.12. The largest absolute Gasteiger partial charge is 0.495 e. The van der Waals surface area contributed by atoms with Gasteiger partial charge < -0.3 is 24.8 Å². The molecule has 6 nitrogen and oxygen atoms in total. The highest BCUT2D eigenvalue weighted by atomic mass is 16.5. The molecule has 1 amide bonds. The molecule has 0 bridgehead atoms. The summed E-state index contributed by atoms with van der Waals surface area (Å²) in [6.07, 6.45) is 0. The number of carbonyl (C=O) groups excluding carboxylic acids is 1. The van der Waals surface area contributed by atoms with Gasteiger partial charge in [0.1, 0.15) is 5.75 Å². The molecule has 0 saturated carbocycles. The lowest BCUT2D eigenvalue weighted by Crippen LogP contribution is -2.20. The van der Waals surface area contributed by atoms with Gasteiger partial charge in [0.05, 0.1) is 19.9 Å². The molecule has 0 heterocycles. The number of benzene rings is 3. The zero-order valence-corrected chi connectivity index (χ0v) is 15.8. The maximum Gasteiger partial charge on any atom is 0.262 e. The number of nitrogens with one attached hydrogen (secondary N) is 2. The molecule has 0 aliphatic rings. The maximum absolute atomic E-state index is 12.1. The van der Waals surface area contributed by atoms with Crippen LogP contribution in [-0.2, 0) is 4.79 Å². The van der Waals surface area contributed by atoms with Crippen molar-refractivity contribution >= 4 is 23.0 Å². The molecule has 6 heteroatoms. The number of para-hydroxylation sites is 4. The minimum atomic E-state index is -0.253. The summed E-state index contributed by atoms with van der Waals surface area (Å²) in [5.41, 5.74) is 2.43. The van der Waals surface area contributed by atoms with E-state index in [9.17, 15) is 4.79 Å². The van der Waals surface area contributed by atoms with E-state index in [1.807, 2.05) is 60.7 Å². The summed E-state index contributed by atoms with van der Waals surface area (Å²) in [5, 5.41) is 6.09. The zero-order valence-electron chi connectivity index (χ0n) is 15.8. The fraction of sp³-hybridized carbons (Fsp3) is 0.136. The number of methoxy groups -OCH3 is 2. The Hall–Kier alpha value is -3.67. The Balaban J connectivity index is 1.56. The standard InChI is InChI=1S/C22H22N2O4/c1-26-19-8-4-3-7-18(19)23-16-11-13-17(14-12-16)24-22(25)15-28-21-10-6-5-9-20(21)27-2/h3-14,23H,15H2,1-2H3,(H,24,25). The quantitative estimate of drug-likeness (QED) is 0.605. The average molecular weight is 378 g/mol. The molecule has 0 atom stereocenters. The Bertz CT molecular complexity index is 926.